The number of carbonyl (C=O) groups is 1. The van der Waals surface area contributed by atoms with Crippen molar-refractivity contribution in [2.45, 2.75) is 18.9 Å². The van der Waals surface area contributed by atoms with Crippen LogP contribution in [0.25, 0.3) is 0 Å². The van der Waals surface area contributed by atoms with Crippen molar-refractivity contribution in [3.63, 3.8) is 0 Å². The molecule has 0 aromatic heterocycles. The molecule has 3 aliphatic heterocycles. The quantitative estimate of drug-likeness (QED) is 0.352. The normalized spacial score (nSPS) is 54.4. The fourth-order valence-electron chi connectivity index (χ4n) is 3.54. The molecule has 3 saturated heterocycles. The molecule has 12 heavy (non-hydrogen) atoms. The molecule has 4 rings (SSSR count). The lowest BCUT2D eigenvalue weighted by molar-refractivity contribution is -0.911. The maximum atomic E-state index is 11.6. The van der Waals surface area contributed by atoms with E-state index in [9.17, 15) is 4.79 Å². The topological polar surface area (TPSA) is 17.1 Å². The third-order valence-electron chi connectivity index (χ3n) is 4.07. The van der Waals surface area contributed by atoms with Gasteiger partial charge in [-0.15, -0.1) is 0 Å². The third-order valence-corrected chi connectivity index (χ3v) is 4.07. The number of rotatable bonds is 0. The van der Waals surface area contributed by atoms with Gasteiger partial charge in [-0.1, -0.05) is 0 Å². The molecule has 2 nitrogen and oxygen atoms in total. The summed E-state index contributed by atoms with van der Waals surface area (Å²) >= 11 is 0. The van der Waals surface area contributed by atoms with Crippen LogP contribution in [0.4, 0.5) is 0 Å². The molecule has 4 bridgehead atoms. The van der Waals surface area contributed by atoms with E-state index in [0.29, 0.717) is 17.6 Å². The first-order chi connectivity index (χ1) is 5.19. The van der Waals surface area contributed by atoms with Crippen LogP contribution in [0.15, 0.2) is 0 Å². The minimum absolute atomic E-state index is 0. The van der Waals surface area contributed by atoms with Gasteiger partial charge >= 0.3 is 0 Å². The molecule has 1 aliphatic carbocycles. The van der Waals surface area contributed by atoms with Gasteiger partial charge in [0.1, 0.15) is 0 Å². The lowest BCUT2D eigenvalue weighted by Crippen LogP contribution is -3.00. The Hall–Kier alpha value is 0.360. The standard InChI is InChI=1S/C9H14NO.HI/c1-10-4-6-2-8(10)3-7(5-10)9(6)11;/h6-8H,2-5H2,1H3;1H/q+1;/p-1/t6-,7+,8?,10?;. The van der Waals surface area contributed by atoms with Crippen LogP contribution >= 0.6 is 0 Å². The zero-order chi connectivity index (χ0) is 7.64. The van der Waals surface area contributed by atoms with Gasteiger partial charge in [-0.2, -0.15) is 0 Å². The van der Waals surface area contributed by atoms with Crippen molar-refractivity contribution in [1.29, 1.82) is 0 Å². The van der Waals surface area contributed by atoms with Crippen LogP contribution in [0.1, 0.15) is 12.8 Å². The zero-order valence-electron chi connectivity index (χ0n) is 7.29. The lowest BCUT2D eigenvalue weighted by Gasteiger charge is -2.31. The van der Waals surface area contributed by atoms with Crippen molar-refractivity contribution in [3.05, 3.63) is 0 Å². The van der Waals surface area contributed by atoms with Crippen molar-refractivity contribution in [1.82, 2.24) is 0 Å². The molecular weight excluding hydrogens is 265 g/mol. The van der Waals surface area contributed by atoms with Gasteiger partial charge in [0.2, 0.25) is 0 Å². The number of hydrogen-bond donors (Lipinski definition) is 0. The highest BCUT2D eigenvalue weighted by molar-refractivity contribution is 5.85. The van der Waals surface area contributed by atoms with Gasteiger partial charge in [0.15, 0.2) is 5.78 Å². The molecule has 68 valence electrons. The Morgan fingerprint density at radius 3 is 2.17 bits per heavy atom. The van der Waals surface area contributed by atoms with Gasteiger partial charge in [-0.25, -0.2) is 0 Å². The summed E-state index contributed by atoms with van der Waals surface area (Å²) < 4.78 is 1.22. The van der Waals surface area contributed by atoms with Crippen LogP contribution < -0.4 is 24.0 Å². The average molecular weight is 279 g/mol. The summed E-state index contributed by atoms with van der Waals surface area (Å²) in [5.41, 5.74) is 0. The molecule has 1 saturated carbocycles. The molecule has 4 fully saturated rings. The molecule has 0 amide bonds. The van der Waals surface area contributed by atoms with E-state index in [0.717, 1.165) is 19.1 Å². The van der Waals surface area contributed by atoms with Crippen LogP contribution in [0.2, 0.25) is 0 Å². The third kappa shape index (κ3) is 0.867. The van der Waals surface area contributed by atoms with Gasteiger partial charge in [-0.3, -0.25) is 4.79 Å². The van der Waals surface area contributed by atoms with Gasteiger partial charge in [0.25, 0.3) is 0 Å². The Bertz CT molecular complexity index is 223. The van der Waals surface area contributed by atoms with E-state index in [4.69, 9.17) is 0 Å². The molecule has 3 heteroatoms. The molecule has 4 atom stereocenters. The second-order valence-corrected chi connectivity index (χ2v) is 4.77. The summed E-state index contributed by atoms with van der Waals surface area (Å²) in [6.07, 6.45) is 2.40. The first-order valence-electron chi connectivity index (χ1n) is 4.57. The first kappa shape index (κ1) is 8.94. The average Bonchev–Trinajstić information content (AvgIpc) is 2.31. The van der Waals surface area contributed by atoms with Crippen molar-refractivity contribution in [3.8, 4) is 0 Å². The minimum atomic E-state index is 0. The highest BCUT2D eigenvalue weighted by Gasteiger charge is 2.60. The number of Topliss-reactive ketones (excluding diaryl/α,β-unsaturated/α-hetero) is 1. The summed E-state index contributed by atoms with van der Waals surface area (Å²) in [5.74, 6) is 1.50. The summed E-state index contributed by atoms with van der Waals surface area (Å²) in [6.45, 7) is 2.31. The maximum absolute atomic E-state index is 11.6. The summed E-state index contributed by atoms with van der Waals surface area (Å²) in [5, 5.41) is 0. The van der Waals surface area contributed by atoms with E-state index in [1.54, 1.807) is 0 Å². The Labute approximate surface area is 89.9 Å². The van der Waals surface area contributed by atoms with Gasteiger partial charge in [0, 0.05) is 12.8 Å². The summed E-state index contributed by atoms with van der Waals surface area (Å²) in [6, 6.07) is 0.850. The maximum Gasteiger partial charge on any atom is 0.150 e. The van der Waals surface area contributed by atoms with Gasteiger partial charge < -0.3 is 28.5 Å². The minimum Gasteiger partial charge on any atom is -1.00 e. The molecule has 0 spiro atoms. The zero-order valence-corrected chi connectivity index (χ0v) is 9.45. The number of halogens is 1. The van der Waals surface area contributed by atoms with E-state index < -0.39 is 0 Å². The fourth-order valence-corrected chi connectivity index (χ4v) is 3.54. The molecule has 0 radical (unpaired) electrons. The van der Waals surface area contributed by atoms with Crippen molar-refractivity contribution >= 4 is 5.78 Å². The molecule has 2 unspecified atom stereocenters. The van der Waals surface area contributed by atoms with Gasteiger partial charge in [0.05, 0.1) is 38.0 Å². The predicted octanol–water partition coefficient (Wildman–Crippen LogP) is -2.57. The first-order valence-corrected chi connectivity index (χ1v) is 4.57. The van der Waals surface area contributed by atoms with Crippen molar-refractivity contribution < 1.29 is 33.3 Å². The van der Waals surface area contributed by atoms with Crippen LogP contribution in [0.3, 0.4) is 0 Å². The lowest BCUT2D eigenvalue weighted by atomic mass is 9.82. The van der Waals surface area contributed by atoms with E-state index in [-0.39, 0.29) is 24.0 Å². The van der Waals surface area contributed by atoms with E-state index in [1.807, 2.05) is 0 Å². The molecule has 3 heterocycles. The molecule has 4 aliphatic rings. The van der Waals surface area contributed by atoms with Crippen LogP contribution in [-0.2, 0) is 4.79 Å². The second kappa shape index (κ2) is 2.44. The Morgan fingerprint density at radius 1 is 1.25 bits per heavy atom. The van der Waals surface area contributed by atoms with Crippen molar-refractivity contribution in [2.75, 3.05) is 20.1 Å². The number of nitrogens with zero attached hydrogens (tertiary/aromatic N) is 1. The largest absolute Gasteiger partial charge is 1.00 e. The number of carbonyl (C=O) groups excluding carboxylic acids is 1. The van der Waals surface area contributed by atoms with E-state index >= 15 is 0 Å². The van der Waals surface area contributed by atoms with E-state index in [2.05, 4.69) is 7.05 Å². The van der Waals surface area contributed by atoms with Crippen LogP contribution in [-0.4, -0.2) is 36.4 Å². The highest BCUT2D eigenvalue weighted by Crippen LogP contribution is 2.47. The Kier molecular flexibility index (Phi) is 1.82. The predicted molar refractivity (Wildman–Crippen MR) is 40.9 cm³/mol. The molecular formula is C9H14INO. The Balaban J connectivity index is 0.000000563. The number of hydrogen-bond acceptors (Lipinski definition) is 1. The van der Waals surface area contributed by atoms with E-state index in [1.165, 1.54) is 17.3 Å². The SMILES string of the molecule is C[N+]12C[C@H]3CC1C[C@@H](C2)C3=O.[I-]. The summed E-state index contributed by atoms with van der Waals surface area (Å²) in [7, 11) is 2.33. The number of piperidine rings is 1. The fraction of sp³-hybridized carbons (Fsp3) is 0.889. The molecule has 0 N–H and O–H groups in total. The number of ketones is 1. The van der Waals surface area contributed by atoms with Crippen molar-refractivity contribution in [2.24, 2.45) is 11.8 Å². The van der Waals surface area contributed by atoms with Crippen LogP contribution in [0.5, 0.6) is 0 Å². The second-order valence-electron chi connectivity index (χ2n) is 4.77. The summed E-state index contributed by atoms with van der Waals surface area (Å²) in [4.78, 5) is 11.6. The van der Waals surface area contributed by atoms with Gasteiger partial charge in [-0.05, 0) is 0 Å². The highest BCUT2D eigenvalue weighted by atomic mass is 127. The smallest absolute Gasteiger partial charge is 0.150 e. The molecule has 0 aromatic carbocycles. The number of quaternary nitrogens is 1. The van der Waals surface area contributed by atoms with Crippen LogP contribution in [0, 0.1) is 11.8 Å². The molecule has 0 aromatic rings. The Morgan fingerprint density at radius 2 is 1.75 bits per heavy atom. The monoisotopic (exact) mass is 279 g/mol.